The van der Waals surface area contributed by atoms with Crippen molar-refractivity contribution >= 4 is 15.7 Å². The van der Waals surface area contributed by atoms with Gasteiger partial charge in [0.15, 0.2) is 0 Å². The second-order valence-corrected chi connectivity index (χ2v) is 6.50. The average molecular weight is 291 g/mol. The number of hydrogen-bond donors (Lipinski definition) is 2. The molecule has 2 aromatic rings. The molecule has 2 N–H and O–H groups in total. The van der Waals surface area contributed by atoms with Crippen LogP contribution >= 0.6 is 0 Å². The first-order valence-corrected chi connectivity index (χ1v) is 7.79. The quantitative estimate of drug-likeness (QED) is 0.908. The highest BCUT2D eigenvalue weighted by Crippen LogP contribution is 2.25. The zero-order valence-electron chi connectivity index (χ0n) is 11.4. The molecule has 4 nitrogen and oxygen atoms in total. The van der Waals surface area contributed by atoms with Crippen molar-refractivity contribution in [1.29, 1.82) is 0 Å². The predicted molar refractivity (Wildman–Crippen MR) is 79.4 cm³/mol. The summed E-state index contributed by atoms with van der Waals surface area (Å²) in [5.74, 6) is 0.0459. The van der Waals surface area contributed by atoms with Crippen LogP contribution in [0.25, 0.3) is 0 Å². The normalized spacial score (nSPS) is 11.6. The van der Waals surface area contributed by atoms with Crippen molar-refractivity contribution in [2.75, 3.05) is 4.72 Å². The number of anilines is 1. The molecule has 2 rings (SSSR count). The van der Waals surface area contributed by atoms with E-state index in [2.05, 4.69) is 4.72 Å². The summed E-state index contributed by atoms with van der Waals surface area (Å²) in [5.41, 5.74) is 1.53. The first-order chi connectivity index (χ1) is 9.40. The van der Waals surface area contributed by atoms with Crippen molar-refractivity contribution in [2.45, 2.75) is 24.7 Å². The smallest absolute Gasteiger partial charge is 0.265 e. The molecule has 0 heterocycles. The van der Waals surface area contributed by atoms with E-state index in [1.54, 1.807) is 30.3 Å². The molecule has 0 amide bonds. The molecule has 0 radical (unpaired) electrons. The maximum Gasteiger partial charge on any atom is 0.265 e. The SMILES string of the molecule is CC(C)c1cccc(NS(=O)(=O)c2ccccc2O)c1. The van der Waals surface area contributed by atoms with Crippen LogP contribution in [0.15, 0.2) is 53.4 Å². The summed E-state index contributed by atoms with van der Waals surface area (Å²) >= 11 is 0. The minimum absolute atomic E-state index is 0.130. The van der Waals surface area contributed by atoms with Crippen molar-refractivity contribution in [3.05, 3.63) is 54.1 Å². The van der Waals surface area contributed by atoms with E-state index in [0.29, 0.717) is 11.6 Å². The molecule has 0 saturated carbocycles. The Morgan fingerprint density at radius 2 is 1.75 bits per heavy atom. The number of rotatable bonds is 4. The zero-order valence-corrected chi connectivity index (χ0v) is 12.2. The average Bonchev–Trinajstić information content (AvgIpc) is 2.38. The highest BCUT2D eigenvalue weighted by molar-refractivity contribution is 7.92. The third kappa shape index (κ3) is 3.11. The number of phenols is 1. The van der Waals surface area contributed by atoms with Crippen LogP contribution in [0.4, 0.5) is 5.69 Å². The van der Waals surface area contributed by atoms with Crippen LogP contribution < -0.4 is 4.72 Å². The molecule has 0 spiro atoms. The first-order valence-electron chi connectivity index (χ1n) is 6.31. The van der Waals surface area contributed by atoms with Crippen LogP contribution in [0.2, 0.25) is 0 Å². The first kappa shape index (κ1) is 14.4. The third-order valence-electron chi connectivity index (χ3n) is 2.96. The molecule has 0 atom stereocenters. The Kier molecular flexibility index (Phi) is 3.99. The van der Waals surface area contributed by atoms with Gasteiger partial charge in [0.25, 0.3) is 10.0 Å². The zero-order chi connectivity index (χ0) is 14.8. The Balaban J connectivity index is 2.34. The second kappa shape index (κ2) is 5.54. The lowest BCUT2D eigenvalue weighted by Gasteiger charge is -2.11. The summed E-state index contributed by atoms with van der Waals surface area (Å²) in [4.78, 5) is -0.130. The van der Waals surface area contributed by atoms with Gasteiger partial charge in [-0.05, 0) is 35.7 Å². The monoisotopic (exact) mass is 291 g/mol. The van der Waals surface area contributed by atoms with E-state index in [0.717, 1.165) is 5.56 Å². The van der Waals surface area contributed by atoms with Crippen molar-refractivity contribution < 1.29 is 13.5 Å². The molecule has 0 aliphatic heterocycles. The number of aromatic hydroxyl groups is 1. The van der Waals surface area contributed by atoms with Crippen LogP contribution in [0.1, 0.15) is 25.3 Å². The summed E-state index contributed by atoms with van der Waals surface area (Å²) < 4.78 is 26.9. The van der Waals surface area contributed by atoms with E-state index in [4.69, 9.17) is 0 Å². The van der Waals surface area contributed by atoms with E-state index < -0.39 is 10.0 Å². The molecule has 5 heteroatoms. The lowest BCUT2D eigenvalue weighted by molar-refractivity contribution is 0.459. The number of phenolic OH excluding ortho intramolecular Hbond substituents is 1. The molecular weight excluding hydrogens is 274 g/mol. The minimum atomic E-state index is -3.79. The van der Waals surface area contributed by atoms with Gasteiger partial charge in [0, 0.05) is 5.69 Å². The Morgan fingerprint density at radius 3 is 2.40 bits per heavy atom. The van der Waals surface area contributed by atoms with E-state index in [9.17, 15) is 13.5 Å². The lowest BCUT2D eigenvalue weighted by atomic mass is 10.0. The molecular formula is C15H17NO3S. The van der Waals surface area contributed by atoms with Gasteiger partial charge in [-0.3, -0.25) is 4.72 Å². The molecule has 20 heavy (non-hydrogen) atoms. The second-order valence-electron chi connectivity index (χ2n) is 4.85. The van der Waals surface area contributed by atoms with Crippen molar-refractivity contribution in [1.82, 2.24) is 0 Å². The van der Waals surface area contributed by atoms with E-state index in [-0.39, 0.29) is 10.6 Å². The molecule has 106 valence electrons. The van der Waals surface area contributed by atoms with E-state index >= 15 is 0 Å². The van der Waals surface area contributed by atoms with Crippen molar-refractivity contribution in [3.63, 3.8) is 0 Å². The van der Waals surface area contributed by atoms with E-state index in [1.165, 1.54) is 12.1 Å². The number of hydrogen-bond acceptors (Lipinski definition) is 3. The van der Waals surface area contributed by atoms with E-state index in [1.807, 2.05) is 19.9 Å². The number of nitrogens with one attached hydrogen (secondary N) is 1. The van der Waals surface area contributed by atoms with Crippen LogP contribution in [-0.4, -0.2) is 13.5 Å². The Hall–Kier alpha value is -2.01. The molecule has 0 fully saturated rings. The van der Waals surface area contributed by atoms with Crippen LogP contribution in [0.5, 0.6) is 5.75 Å². The van der Waals surface area contributed by atoms with Crippen LogP contribution in [0, 0.1) is 0 Å². The molecule has 2 aromatic carbocycles. The van der Waals surface area contributed by atoms with Gasteiger partial charge in [-0.2, -0.15) is 0 Å². The number of para-hydroxylation sites is 1. The van der Waals surface area contributed by atoms with Gasteiger partial charge < -0.3 is 5.11 Å². The molecule has 0 aromatic heterocycles. The third-order valence-corrected chi connectivity index (χ3v) is 4.39. The summed E-state index contributed by atoms with van der Waals surface area (Å²) in [6.45, 7) is 4.08. The van der Waals surface area contributed by atoms with Gasteiger partial charge in [0.1, 0.15) is 10.6 Å². The largest absolute Gasteiger partial charge is 0.507 e. The Labute approximate surface area is 119 Å². The van der Waals surface area contributed by atoms with Crippen LogP contribution in [0.3, 0.4) is 0 Å². The Bertz CT molecular complexity index is 709. The highest BCUT2D eigenvalue weighted by Gasteiger charge is 2.18. The fourth-order valence-corrected chi connectivity index (χ4v) is 3.00. The fraction of sp³-hybridized carbons (Fsp3) is 0.200. The van der Waals surface area contributed by atoms with Crippen molar-refractivity contribution in [3.8, 4) is 5.75 Å². The van der Waals surface area contributed by atoms with Gasteiger partial charge in [0.05, 0.1) is 0 Å². The summed E-state index contributed by atoms with van der Waals surface area (Å²) in [6.07, 6.45) is 0. The fourth-order valence-electron chi connectivity index (χ4n) is 1.86. The number of sulfonamides is 1. The van der Waals surface area contributed by atoms with Gasteiger partial charge >= 0.3 is 0 Å². The minimum Gasteiger partial charge on any atom is -0.507 e. The van der Waals surface area contributed by atoms with Crippen LogP contribution in [-0.2, 0) is 10.0 Å². The standard InChI is InChI=1S/C15H17NO3S/c1-11(2)12-6-5-7-13(10-12)16-20(18,19)15-9-4-3-8-14(15)17/h3-11,16-17H,1-2H3. The topological polar surface area (TPSA) is 66.4 Å². The van der Waals surface area contributed by atoms with Gasteiger partial charge in [-0.25, -0.2) is 8.42 Å². The maximum absolute atomic E-state index is 12.2. The summed E-state index contributed by atoms with van der Waals surface area (Å²) in [7, 11) is -3.79. The Morgan fingerprint density at radius 1 is 1.05 bits per heavy atom. The molecule has 0 unspecified atom stereocenters. The summed E-state index contributed by atoms with van der Waals surface area (Å²) in [6, 6.07) is 13.1. The maximum atomic E-state index is 12.2. The molecule has 0 aliphatic carbocycles. The number of benzene rings is 2. The molecule has 0 bridgehead atoms. The highest BCUT2D eigenvalue weighted by atomic mass is 32.2. The van der Waals surface area contributed by atoms with Crippen molar-refractivity contribution in [2.24, 2.45) is 0 Å². The molecule has 0 saturated heterocycles. The van der Waals surface area contributed by atoms with Gasteiger partial charge in [-0.15, -0.1) is 0 Å². The predicted octanol–water partition coefficient (Wildman–Crippen LogP) is 3.32. The summed E-state index contributed by atoms with van der Waals surface area (Å²) in [5, 5.41) is 9.65. The van der Waals surface area contributed by atoms with Gasteiger partial charge in [-0.1, -0.05) is 38.1 Å². The molecule has 0 aliphatic rings. The van der Waals surface area contributed by atoms with Gasteiger partial charge in [0.2, 0.25) is 0 Å². The lowest BCUT2D eigenvalue weighted by Crippen LogP contribution is -2.13.